The van der Waals surface area contributed by atoms with Crippen LogP contribution < -0.4 is 11.1 Å². The second-order valence-electron chi connectivity index (χ2n) is 6.69. The lowest BCUT2D eigenvalue weighted by atomic mass is 10.1. The predicted molar refractivity (Wildman–Crippen MR) is 110 cm³/mol. The van der Waals surface area contributed by atoms with Crippen molar-refractivity contribution in [1.82, 2.24) is 9.78 Å². The Balaban J connectivity index is 1.75. The molecule has 28 heavy (non-hydrogen) atoms. The van der Waals surface area contributed by atoms with Crippen LogP contribution in [0.15, 0.2) is 48.5 Å². The molecule has 0 aliphatic carbocycles. The molecule has 0 aliphatic heterocycles. The van der Waals surface area contributed by atoms with E-state index in [2.05, 4.69) is 10.4 Å². The van der Waals surface area contributed by atoms with Crippen molar-refractivity contribution in [2.45, 2.75) is 26.8 Å². The number of hydrogen-bond donors (Lipinski definition) is 2. The molecule has 0 atom stereocenters. The Kier molecular flexibility index (Phi) is 5.80. The SMILES string of the molecule is Cc1ccc(Cn2nc(C)c(C(=O)Nc3ccc(CC(N)=O)cc3)c2Cl)cc1. The van der Waals surface area contributed by atoms with Gasteiger partial charge in [0.05, 0.1) is 24.2 Å². The summed E-state index contributed by atoms with van der Waals surface area (Å²) in [6.07, 6.45) is 0.158. The summed E-state index contributed by atoms with van der Waals surface area (Å²) in [5.41, 5.74) is 9.69. The van der Waals surface area contributed by atoms with Gasteiger partial charge in [0.1, 0.15) is 5.15 Å². The molecular formula is C21H21ClN4O2. The molecule has 2 aromatic carbocycles. The average Bonchev–Trinajstić information content (AvgIpc) is 2.91. The fourth-order valence-corrected chi connectivity index (χ4v) is 3.20. The van der Waals surface area contributed by atoms with Crippen LogP contribution in [0.5, 0.6) is 0 Å². The van der Waals surface area contributed by atoms with Crippen LogP contribution >= 0.6 is 11.6 Å². The Hall–Kier alpha value is -3.12. The molecule has 0 aliphatic rings. The van der Waals surface area contributed by atoms with Gasteiger partial charge in [-0.15, -0.1) is 0 Å². The topological polar surface area (TPSA) is 90.0 Å². The number of amides is 2. The number of halogens is 1. The van der Waals surface area contributed by atoms with Crippen molar-refractivity contribution < 1.29 is 9.59 Å². The highest BCUT2D eigenvalue weighted by atomic mass is 35.5. The van der Waals surface area contributed by atoms with E-state index in [1.807, 2.05) is 31.2 Å². The van der Waals surface area contributed by atoms with E-state index in [1.54, 1.807) is 35.9 Å². The predicted octanol–water partition coefficient (Wildman–Crippen LogP) is 3.48. The minimum Gasteiger partial charge on any atom is -0.369 e. The van der Waals surface area contributed by atoms with Crippen molar-refractivity contribution in [3.63, 3.8) is 0 Å². The number of carbonyl (C=O) groups is 2. The molecule has 1 aromatic heterocycles. The van der Waals surface area contributed by atoms with Crippen molar-refractivity contribution in [3.8, 4) is 0 Å². The zero-order valence-corrected chi connectivity index (χ0v) is 16.5. The summed E-state index contributed by atoms with van der Waals surface area (Å²) in [7, 11) is 0. The first kappa shape index (κ1) is 19.6. The van der Waals surface area contributed by atoms with Crippen LogP contribution in [0, 0.1) is 13.8 Å². The van der Waals surface area contributed by atoms with Crippen LogP contribution in [-0.4, -0.2) is 21.6 Å². The smallest absolute Gasteiger partial charge is 0.260 e. The minimum absolute atomic E-state index is 0.158. The maximum atomic E-state index is 12.7. The van der Waals surface area contributed by atoms with Crippen molar-refractivity contribution in [1.29, 1.82) is 0 Å². The van der Waals surface area contributed by atoms with Crippen molar-refractivity contribution in [2.75, 3.05) is 5.32 Å². The third-order valence-corrected chi connectivity index (χ3v) is 4.72. The molecule has 0 radical (unpaired) electrons. The van der Waals surface area contributed by atoms with E-state index < -0.39 is 5.91 Å². The van der Waals surface area contributed by atoms with Gasteiger partial charge in [-0.1, -0.05) is 53.6 Å². The first-order chi connectivity index (χ1) is 13.3. The van der Waals surface area contributed by atoms with E-state index in [9.17, 15) is 9.59 Å². The molecule has 3 aromatic rings. The number of nitrogens with zero attached hydrogens (tertiary/aromatic N) is 2. The zero-order chi connectivity index (χ0) is 20.3. The molecule has 0 bridgehead atoms. The second-order valence-corrected chi connectivity index (χ2v) is 7.05. The summed E-state index contributed by atoms with van der Waals surface area (Å²) < 4.78 is 1.62. The molecule has 144 valence electrons. The van der Waals surface area contributed by atoms with Crippen LogP contribution in [0.1, 0.15) is 32.7 Å². The molecule has 0 spiro atoms. The number of primary amides is 1. The van der Waals surface area contributed by atoms with Gasteiger partial charge in [-0.05, 0) is 37.1 Å². The first-order valence-electron chi connectivity index (χ1n) is 8.80. The third-order valence-electron chi connectivity index (χ3n) is 4.34. The third kappa shape index (κ3) is 4.58. The summed E-state index contributed by atoms with van der Waals surface area (Å²) in [4.78, 5) is 23.7. The molecule has 0 fully saturated rings. The maximum Gasteiger partial charge on any atom is 0.260 e. The fraction of sp³-hybridized carbons (Fsp3) is 0.190. The number of benzene rings is 2. The number of rotatable bonds is 6. The van der Waals surface area contributed by atoms with Gasteiger partial charge in [-0.2, -0.15) is 5.10 Å². The van der Waals surface area contributed by atoms with Gasteiger partial charge in [0.15, 0.2) is 0 Å². The Morgan fingerprint density at radius 1 is 1.04 bits per heavy atom. The number of nitrogens with two attached hydrogens (primary N) is 1. The molecule has 3 N–H and O–H groups in total. The second kappa shape index (κ2) is 8.27. The highest BCUT2D eigenvalue weighted by Gasteiger charge is 2.20. The Morgan fingerprint density at radius 3 is 2.25 bits per heavy atom. The zero-order valence-electron chi connectivity index (χ0n) is 15.7. The minimum atomic E-state index is -0.403. The van der Waals surface area contributed by atoms with E-state index in [0.29, 0.717) is 28.6 Å². The van der Waals surface area contributed by atoms with E-state index in [0.717, 1.165) is 11.1 Å². The Labute approximate surface area is 168 Å². The number of hydrogen-bond acceptors (Lipinski definition) is 3. The van der Waals surface area contributed by atoms with Crippen LogP contribution in [0.4, 0.5) is 5.69 Å². The highest BCUT2D eigenvalue weighted by Crippen LogP contribution is 2.23. The molecule has 6 nitrogen and oxygen atoms in total. The average molecular weight is 397 g/mol. The van der Waals surface area contributed by atoms with Crippen LogP contribution in [0.2, 0.25) is 5.15 Å². The molecule has 3 rings (SSSR count). The molecule has 0 unspecified atom stereocenters. The largest absolute Gasteiger partial charge is 0.369 e. The van der Waals surface area contributed by atoms with E-state index in [4.69, 9.17) is 17.3 Å². The molecular weight excluding hydrogens is 376 g/mol. The Bertz CT molecular complexity index is 1010. The molecule has 2 amide bonds. The molecule has 0 saturated carbocycles. The van der Waals surface area contributed by atoms with Crippen LogP contribution in [0.3, 0.4) is 0 Å². The van der Waals surface area contributed by atoms with Crippen molar-refractivity contribution in [3.05, 3.63) is 81.6 Å². The van der Waals surface area contributed by atoms with E-state index in [-0.39, 0.29) is 12.3 Å². The highest BCUT2D eigenvalue weighted by molar-refractivity contribution is 6.33. The van der Waals surface area contributed by atoms with Crippen LogP contribution in [0.25, 0.3) is 0 Å². The van der Waals surface area contributed by atoms with Gasteiger partial charge in [-0.25, -0.2) is 4.68 Å². The lowest BCUT2D eigenvalue weighted by Gasteiger charge is -2.07. The van der Waals surface area contributed by atoms with Gasteiger partial charge in [0.25, 0.3) is 5.91 Å². The monoisotopic (exact) mass is 396 g/mol. The van der Waals surface area contributed by atoms with Gasteiger partial charge in [0, 0.05) is 5.69 Å². The molecule has 0 saturated heterocycles. The maximum absolute atomic E-state index is 12.7. The number of anilines is 1. The van der Waals surface area contributed by atoms with Crippen molar-refractivity contribution >= 4 is 29.1 Å². The van der Waals surface area contributed by atoms with Gasteiger partial charge in [-0.3, -0.25) is 9.59 Å². The van der Waals surface area contributed by atoms with Gasteiger partial charge < -0.3 is 11.1 Å². The lowest BCUT2D eigenvalue weighted by molar-refractivity contribution is -0.117. The fourth-order valence-electron chi connectivity index (χ4n) is 2.88. The molecule has 1 heterocycles. The number of nitrogens with one attached hydrogen (secondary N) is 1. The summed E-state index contributed by atoms with van der Waals surface area (Å²) in [6.45, 7) is 4.26. The molecule has 7 heteroatoms. The van der Waals surface area contributed by atoms with Crippen molar-refractivity contribution in [2.24, 2.45) is 5.73 Å². The number of aryl methyl sites for hydroxylation is 2. The normalized spacial score (nSPS) is 10.7. The van der Waals surface area contributed by atoms with Gasteiger partial charge in [0.2, 0.25) is 5.91 Å². The first-order valence-corrected chi connectivity index (χ1v) is 9.18. The summed E-state index contributed by atoms with van der Waals surface area (Å²) in [5, 5.41) is 7.51. The standard InChI is InChI=1S/C21H21ClN4O2/c1-13-3-5-16(6-4-13)12-26-20(22)19(14(2)25-26)21(28)24-17-9-7-15(8-10-17)11-18(23)27/h3-10H,11-12H2,1-2H3,(H2,23,27)(H,24,28). The van der Waals surface area contributed by atoms with E-state index >= 15 is 0 Å². The number of carbonyl (C=O) groups excluding carboxylic acids is 2. The van der Waals surface area contributed by atoms with Crippen LogP contribution in [-0.2, 0) is 17.8 Å². The number of aromatic nitrogens is 2. The summed E-state index contributed by atoms with van der Waals surface area (Å²) >= 11 is 6.44. The van der Waals surface area contributed by atoms with E-state index in [1.165, 1.54) is 5.56 Å². The summed E-state index contributed by atoms with van der Waals surface area (Å²) in [6, 6.07) is 15.0. The quantitative estimate of drug-likeness (QED) is 0.668. The van der Waals surface area contributed by atoms with Gasteiger partial charge >= 0.3 is 0 Å². The Morgan fingerprint density at radius 2 is 1.64 bits per heavy atom. The lowest BCUT2D eigenvalue weighted by Crippen LogP contribution is -2.14. The summed E-state index contributed by atoms with van der Waals surface area (Å²) in [5.74, 6) is -0.736.